The molecule has 0 fully saturated rings. The Morgan fingerprint density at radius 1 is 1.29 bits per heavy atom. The van der Waals surface area contributed by atoms with Crippen LogP contribution >= 0.6 is 0 Å². The van der Waals surface area contributed by atoms with Crippen molar-refractivity contribution in [1.82, 2.24) is 9.78 Å². The maximum absolute atomic E-state index is 9.56. The van der Waals surface area contributed by atoms with Crippen LogP contribution in [0.25, 0.3) is 5.69 Å². The van der Waals surface area contributed by atoms with Crippen LogP contribution in [0, 0.1) is 0 Å². The highest BCUT2D eigenvalue weighted by Crippen LogP contribution is 2.20. The fourth-order valence-electron chi connectivity index (χ4n) is 1.25. The second-order valence-corrected chi connectivity index (χ2v) is 2.88. The lowest BCUT2D eigenvalue weighted by molar-refractivity contribution is 0.470. The molecule has 0 amide bonds. The van der Waals surface area contributed by atoms with Gasteiger partial charge in [0.15, 0.2) is 0 Å². The molecule has 4 heteroatoms. The van der Waals surface area contributed by atoms with E-state index in [1.165, 1.54) is 0 Å². The van der Waals surface area contributed by atoms with Crippen molar-refractivity contribution < 1.29 is 5.11 Å². The Morgan fingerprint density at radius 2 is 2.07 bits per heavy atom. The van der Waals surface area contributed by atoms with Gasteiger partial charge in [-0.2, -0.15) is 5.10 Å². The topological polar surface area (TPSA) is 50.1 Å². The zero-order valence-electron chi connectivity index (χ0n) is 7.81. The Balaban J connectivity index is 2.44. The number of nitrogens with zero attached hydrogens (tertiary/aromatic N) is 2. The van der Waals surface area contributed by atoms with Crippen LogP contribution in [-0.2, 0) is 0 Å². The molecule has 72 valence electrons. The third kappa shape index (κ3) is 1.42. The Kier molecular flexibility index (Phi) is 2.10. The van der Waals surface area contributed by atoms with Crippen LogP contribution in [0.2, 0.25) is 0 Å². The van der Waals surface area contributed by atoms with Crippen molar-refractivity contribution >= 4 is 5.82 Å². The van der Waals surface area contributed by atoms with Crippen LogP contribution < -0.4 is 5.32 Å². The van der Waals surface area contributed by atoms with Gasteiger partial charge in [-0.15, -0.1) is 0 Å². The predicted octanol–water partition coefficient (Wildman–Crippen LogP) is 1.62. The molecule has 14 heavy (non-hydrogen) atoms. The van der Waals surface area contributed by atoms with E-state index >= 15 is 0 Å². The zero-order chi connectivity index (χ0) is 9.97. The van der Waals surface area contributed by atoms with Gasteiger partial charge < -0.3 is 10.4 Å². The van der Waals surface area contributed by atoms with Gasteiger partial charge in [-0.3, -0.25) is 0 Å². The molecule has 0 saturated heterocycles. The first-order chi connectivity index (χ1) is 6.81. The fourth-order valence-corrected chi connectivity index (χ4v) is 1.25. The normalized spacial score (nSPS) is 10.1. The van der Waals surface area contributed by atoms with Crippen molar-refractivity contribution in [2.24, 2.45) is 0 Å². The third-order valence-corrected chi connectivity index (χ3v) is 1.97. The summed E-state index contributed by atoms with van der Waals surface area (Å²) < 4.78 is 1.63. The fraction of sp³-hybridized carbons (Fsp3) is 0.100. The Hall–Kier alpha value is -1.97. The quantitative estimate of drug-likeness (QED) is 0.754. The molecule has 0 aliphatic rings. The van der Waals surface area contributed by atoms with E-state index in [0.717, 1.165) is 5.82 Å². The third-order valence-electron chi connectivity index (χ3n) is 1.97. The van der Waals surface area contributed by atoms with Gasteiger partial charge in [-0.05, 0) is 12.1 Å². The van der Waals surface area contributed by atoms with Crippen molar-refractivity contribution in [3.63, 3.8) is 0 Å². The summed E-state index contributed by atoms with van der Waals surface area (Å²) in [5, 5.41) is 16.7. The number of aromatic hydroxyl groups is 1. The van der Waals surface area contributed by atoms with Crippen LogP contribution in [0.3, 0.4) is 0 Å². The number of para-hydroxylation sites is 2. The molecule has 0 atom stereocenters. The summed E-state index contributed by atoms with van der Waals surface area (Å²) in [6, 6.07) is 8.92. The number of benzene rings is 1. The average Bonchev–Trinajstić information content (AvgIpc) is 2.67. The van der Waals surface area contributed by atoms with E-state index in [1.807, 2.05) is 18.2 Å². The van der Waals surface area contributed by atoms with E-state index in [2.05, 4.69) is 10.4 Å². The Morgan fingerprint density at radius 3 is 2.71 bits per heavy atom. The predicted molar refractivity (Wildman–Crippen MR) is 54.8 cm³/mol. The molecule has 2 N–H and O–H groups in total. The highest BCUT2D eigenvalue weighted by Gasteiger charge is 2.03. The van der Waals surface area contributed by atoms with Crippen molar-refractivity contribution in [2.75, 3.05) is 12.4 Å². The SMILES string of the molecule is CNc1ccn(-c2ccccc2O)n1. The van der Waals surface area contributed by atoms with Crippen LogP contribution in [0.4, 0.5) is 5.82 Å². The van der Waals surface area contributed by atoms with Crippen molar-refractivity contribution in [1.29, 1.82) is 0 Å². The molecule has 2 rings (SSSR count). The Bertz CT molecular complexity index is 436. The van der Waals surface area contributed by atoms with E-state index in [-0.39, 0.29) is 5.75 Å². The Labute approximate surface area is 81.8 Å². The van der Waals surface area contributed by atoms with Gasteiger partial charge in [0.2, 0.25) is 0 Å². The lowest BCUT2D eigenvalue weighted by atomic mass is 10.3. The summed E-state index contributed by atoms with van der Waals surface area (Å²) in [6.45, 7) is 0. The molecule has 0 aliphatic heterocycles. The molecule has 0 bridgehead atoms. The summed E-state index contributed by atoms with van der Waals surface area (Å²) in [5.74, 6) is 0.992. The summed E-state index contributed by atoms with van der Waals surface area (Å²) in [4.78, 5) is 0. The highest BCUT2D eigenvalue weighted by molar-refractivity contribution is 5.46. The van der Waals surface area contributed by atoms with E-state index in [9.17, 15) is 5.11 Å². The number of hydrogen-bond donors (Lipinski definition) is 2. The standard InChI is InChI=1S/C10H11N3O/c1-11-10-6-7-13(12-10)8-4-2-3-5-9(8)14/h2-7,14H,1H3,(H,11,12). The highest BCUT2D eigenvalue weighted by atomic mass is 16.3. The number of phenols is 1. The maximum Gasteiger partial charge on any atom is 0.148 e. The lowest BCUT2D eigenvalue weighted by Crippen LogP contribution is -1.96. The van der Waals surface area contributed by atoms with E-state index in [4.69, 9.17) is 0 Å². The molecule has 2 aromatic rings. The molecule has 0 spiro atoms. The number of rotatable bonds is 2. The van der Waals surface area contributed by atoms with Gasteiger partial charge in [0.05, 0.1) is 0 Å². The number of hydrogen-bond acceptors (Lipinski definition) is 3. The number of phenolic OH excluding ortho intramolecular Hbond substituents is 1. The second kappa shape index (κ2) is 3.41. The van der Waals surface area contributed by atoms with E-state index in [1.54, 1.807) is 30.1 Å². The van der Waals surface area contributed by atoms with Crippen molar-refractivity contribution in [3.05, 3.63) is 36.5 Å². The molecular weight excluding hydrogens is 178 g/mol. The number of anilines is 1. The largest absolute Gasteiger partial charge is 0.506 e. The first-order valence-corrected chi connectivity index (χ1v) is 4.33. The lowest BCUT2D eigenvalue weighted by Gasteiger charge is -2.02. The van der Waals surface area contributed by atoms with Crippen molar-refractivity contribution in [3.8, 4) is 11.4 Å². The minimum absolute atomic E-state index is 0.221. The van der Waals surface area contributed by atoms with Crippen LogP contribution in [-0.4, -0.2) is 21.9 Å². The van der Waals surface area contributed by atoms with Crippen LogP contribution in [0.5, 0.6) is 5.75 Å². The van der Waals surface area contributed by atoms with E-state index < -0.39 is 0 Å². The van der Waals surface area contributed by atoms with Crippen LogP contribution in [0.1, 0.15) is 0 Å². The second-order valence-electron chi connectivity index (χ2n) is 2.88. The summed E-state index contributed by atoms with van der Waals surface area (Å²) in [5.41, 5.74) is 0.675. The van der Waals surface area contributed by atoms with Gasteiger partial charge in [-0.1, -0.05) is 12.1 Å². The number of nitrogens with one attached hydrogen (secondary N) is 1. The molecule has 1 heterocycles. The minimum Gasteiger partial charge on any atom is -0.506 e. The molecule has 4 nitrogen and oxygen atoms in total. The smallest absolute Gasteiger partial charge is 0.148 e. The molecule has 1 aromatic heterocycles. The minimum atomic E-state index is 0.221. The zero-order valence-corrected chi connectivity index (χ0v) is 7.81. The molecule has 1 aromatic carbocycles. The molecule has 0 radical (unpaired) electrons. The van der Waals surface area contributed by atoms with Gasteiger partial charge in [0.25, 0.3) is 0 Å². The first kappa shape index (κ1) is 8.62. The maximum atomic E-state index is 9.56. The van der Waals surface area contributed by atoms with Gasteiger partial charge in [0.1, 0.15) is 17.3 Å². The summed E-state index contributed by atoms with van der Waals surface area (Å²) in [7, 11) is 1.80. The molecular formula is C10H11N3O. The van der Waals surface area contributed by atoms with Crippen molar-refractivity contribution in [2.45, 2.75) is 0 Å². The average molecular weight is 189 g/mol. The van der Waals surface area contributed by atoms with Gasteiger partial charge in [-0.25, -0.2) is 4.68 Å². The van der Waals surface area contributed by atoms with Gasteiger partial charge in [0, 0.05) is 19.3 Å². The monoisotopic (exact) mass is 189 g/mol. The molecule has 0 aliphatic carbocycles. The first-order valence-electron chi connectivity index (χ1n) is 4.33. The van der Waals surface area contributed by atoms with Crippen LogP contribution in [0.15, 0.2) is 36.5 Å². The summed E-state index contributed by atoms with van der Waals surface area (Å²) in [6.07, 6.45) is 1.79. The van der Waals surface area contributed by atoms with Gasteiger partial charge >= 0.3 is 0 Å². The number of aromatic nitrogens is 2. The van der Waals surface area contributed by atoms with E-state index in [0.29, 0.717) is 5.69 Å². The summed E-state index contributed by atoms with van der Waals surface area (Å²) >= 11 is 0. The molecule has 0 saturated carbocycles. The molecule has 0 unspecified atom stereocenters.